The predicted molar refractivity (Wildman–Crippen MR) is 61.8 cm³/mol. The van der Waals surface area contributed by atoms with Gasteiger partial charge in [0.2, 0.25) is 0 Å². The largest absolute Gasteiger partial charge is 0.490 e. The summed E-state index contributed by atoms with van der Waals surface area (Å²) >= 11 is 0. The maximum atomic E-state index is 12.2. The number of carbonyl (C=O) groups excluding carboxylic acids is 1. The molecule has 2 aliphatic rings. The number of rotatable bonds is 3. The molecule has 1 saturated carbocycles. The van der Waals surface area contributed by atoms with Crippen molar-refractivity contribution in [2.24, 2.45) is 0 Å². The van der Waals surface area contributed by atoms with Gasteiger partial charge in [-0.25, -0.2) is 4.79 Å². The van der Waals surface area contributed by atoms with Gasteiger partial charge in [-0.05, 0) is 36.6 Å². The van der Waals surface area contributed by atoms with Crippen LogP contribution in [-0.2, 0) is 16.1 Å². The fourth-order valence-corrected chi connectivity index (χ4v) is 2.03. The number of fused-ring (bicyclic) bond motifs is 1. The van der Waals surface area contributed by atoms with Gasteiger partial charge in [0.1, 0.15) is 5.75 Å². The molecule has 0 saturated heterocycles. The summed E-state index contributed by atoms with van der Waals surface area (Å²) in [5, 5.41) is 2.72. The van der Waals surface area contributed by atoms with Crippen LogP contribution in [0.15, 0.2) is 18.2 Å². The SMILES string of the molecule is O=C(OC1NCc2cc(OC3CC3)ccc21)C(F)(F)F. The van der Waals surface area contributed by atoms with Gasteiger partial charge in [-0.1, -0.05) is 0 Å². The lowest BCUT2D eigenvalue weighted by Gasteiger charge is -2.15. The summed E-state index contributed by atoms with van der Waals surface area (Å²) in [6, 6.07) is 5.07. The Morgan fingerprint density at radius 1 is 1.30 bits per heavy atom. The van der Waals surface area contributed by atoms with Crippen LogP contribution >= 0.6 is 0 Å². The Balaban J connectivity index is 1.71. The molecule has 1 unspecified atom stereocenters. The molecule has 1 heterocycles. The molecular formula is C13H12F3NO3. The summed E-state index contributed by atoms with van der Waals surface area (Å²) in [4.78, 5) is 10.8. The molecule has 1 aliphatic carbocycles. The topological polar surface area (TPSA) is 47.6 Å². The van der Waals surface area contributed by atoms with Gasteiger partial charge in [-0.3, -0.25) is 5.32 Å². The van der Waals surface area contributed by atoms with E-state index in [4.69, 9.17) is 4.74 Å². The standard InChI is InChI=1S/C13H12F3NO3/c14-13(15,16)12(18)20-11-10-4-3-9(19-8-1-2-8)5-7(10)6-17-11/h3-5,8,11,17H,1-2,6H2. The first-order chi connectivity index (χ1) is 9.43. The van der Waals surface area contributed by atoms with Crippen LogP contribution in [0.25, 0.3) is 0 Å². The molecule has 7 heteroatoms. The number of ether oxygens (including phenoxy) is 2. The smallest absolute Gasteiger partial charge is 0.490 e. The van der Waals surface area contributed by atoms with Crippen molar-refractivity contribution in [3.05, 3.63) is 29.3 Å². The van der Waals surface area contributed by atoms with Crippen molar-refractivity contribution < 1.29 is 27.4 Å². The van der Waals surface area contributed by atoms with E-state index in [0.29, 0.717) is 17.9 Å². The lowest BCUT2D eigenvalue weighted by Crippen LogP contribution is -2.30. The van der Waals surface area contributed by atoms with Gasteiger partial charge < -0.3 is 9.47 Å². The van der Waals surface area contributed by atoms with Crippen LogP contribution in [0.5, 0.6) is 5.75 Å². The number of nitrogens with one attached hydrogen (secondary N) is 1. The Bertz CT molecular complexity index is 540. The third-order valence-electron chi connectivity index (χ3n) is 3.16. The highest BCUT2D eigenvalue weighted by Crippen LogP contribution is 2.33. The van der Waals surface area contributed by atoms with Crippen molar-refractivity contribution in [2.45, 2.75) is 37.9 Å². The van der Waals surface area contributed by atoms with Gasteiger partial charge >= 0.3 is 12.1 Å². The Kier molecular flexibility index (Phi) is 3.08. The zero-order valence-electron chi connectivity index (χ0n) is 10.4. The van der Waals surface area contributed by atoms with Crippen molar-refractivity contribution in [3.8, 4) is 5.75 Å². The van der Waals surface area contributed by atoms with E-state index in [1.807, 2.05) is 0 Å². The fraction of sp³-hybridized carbons (Fsp3) is 0.462. The fourth-order valence-electron chi connectivity index (χ4n) is 2.03. The minimum atomic E-state index is -4.99. The number of alkyl halides is 3. The average Bonchev–Trinajstić information content (AvgIpc) is 3.09. The molecule has 1 aromatic carbocycles. The molecule has 1 N–H and O–H groups in total. The first-order valence-corrected chi connectivity index (χ1v) is 6.24. The third kappa shape index (κ3) is 2.72. The number of halogens is 3. The second-order valence-corrected chi connectivity index (χ2v) is 4.84. The minimum absolute atomic E-state index is 0.251. The third-order valence-corrected chi connectivity index (χ3v) is 3.16. The Morgan fingerprint density at radius 3 is 2.70 bits per heavy atom. The van der Waals surface area contributed by atoms with Crippen molar-refractivity contribution >= 4 is 5.97 Å². The molecule has 1 atom stereocenters. The number of hydrogen-bond donors (Lipinski definition) is 1. The molecule has 1 aromatic rings. The minimum Gasteiger partial charge on any atom is -0.490 e. The normalized spacial score (nSPS) is 21.4. The van der Waals surface area contributed by atoms with Gasteiger partial charge in [-0.15, -0.1) is 0 Å². The molecule has 0 amide bonds. The number of carbonyl (C=O) groups is 1. The van der Waals surface area contributed by atoms with Crippen molar-refractivity contribution in [2.75, 3.05) is 0 Å². The molecule has 4 nitrogen and oxygen atoms in total. The number of hydrogen-bond acceptors (Lipinski definition) is 4. The summed E-state index contributed by atoms with van der Waals surface area (Å²) in [6.07, 6.45) is -3.74. The van der Waals surface area contributed by atoms with E-state index in [1.165, 1.54) is 0 Å². The van der Waals surface area contributed by atoms with E-state index in [1.54, 1.807) is 18.2 Å². The maximum Gasteiger partial charge on any atom is 0.490 e. The molecule has 0 radical (unpaired) electrons. The first-order valence-electron chi connectivity index (χ1n) is 6.24. The molecule has 1 aliphatic heterocycles. The Hall–Kier alpha value is -1.76. The van der Waals surface area contributed by atoms with Gasteiger partial charge in [0.25, 0.3) is 0 Å². The molecule has 3 rings (SSSR count). The van der Waals surface area contributed by atoms with E-state index < -0.39 is 18.4 Å². The molecule has 0 aromatic heterocycles. The summed E-state index contributed by atoms with van der Waals surface area (Å²) in [5.41, 5.74) is 1.31. The van der Waals surface area contributed by atoms with Crippen LogP contribution < -0.4 is 10.1 Å². The first kappa shape index (κ1) is 13.2. The van der Waals surface area contributed by atoms with Gasteiger partial charge in [0.15, 0.2) is 6.23 Å². The lowest BCUT2D eigenvalue weighted by molar-refractivity contribution is -0.206. The van der Waals surface area contributed by atoms with Crippen LogP contribution in [-0.4, -0.2) is 18.2 Å². The maximum absolute atomic E-state index is 12.2. The monoisotopic (exact) mass is 287 g/mol. The van der Waals surface area contributed by atoms with Gasteiger partial charge in [-0.2, -0.15) is 13.2 Å². The quantitative estimate of drug-likeness (QED) is 0.867. The highest BCUT2D eigenvalue weighted by molar-refractivity contribution is 5.76. The summed E-state index contributed by atoms with van der Waals surface area (Å²) in [5.74, 6) is -1.50. The second-order valence-electron chi connectivity index (χ2n) is 4.84. The lowest BCUT2D eigenvalue weighted by atomic mass is 10.1. The molecular weight excluding hydrogens is 275 g/mol. The predicted octanol–water partition coefficient (Wildman–Crippen LogP) is 2.44. The number of benzene rings is 1. The van der Waals surface area contributed by atoms with E-state index in [0.717, 1.165) is 18.4 Å². The van der Waals surface area contributed by atoms with Crippen LogP contribution in [0.1, 0.15) is 30.2 Å². The van der Waals surface area contributed by atoms with Crippen LogP contribution in [0.4, 0.5) is 13.2 Å². The summed E-state index contributed by atoms with van der Waals surface area (Å²) in [7, 11) is 0. The molecule has 0 spiro atoms. The highest BCUT2D eigenvalue weighted by atomic mass is 19.4. The van der Waals surface area contributed by atoms with Crippen LogP contribution in [0.2, 0.25) is 0 Å². The Labute approximate surface area is 112 Å². The zero-order valence-corrected chi connectivity index (χ0v) is 10.4. The molecule has 1 fully saturated rings. The van der Waals surface area contributed by atoms with Crippen LogP contribution in [0, 0.1) is 0 Å². The molecule has 20 heavy (non-hydrogen) atoms. The average molecular weight is 287 g/mol. The van der Waals surface area contributed by atoms with Gasteiger partial charge in [0.05, 0.1) is 6.10 Å². The summed E-state index contributed by atoms with van der Waals surface area (Å²) < 4.78 is 46.5. The van der Waals surface area contributed by atoms with Crippen LogP contribution in [0.3, 0.4) is 0 Å². The molecule has 108 valence electrons. The molecule has 0 bridgehead atoms. The summed E-state index contributed by atoms with van der Waals surface area (Å²) in [6.45, 7) is 0.340. The van der Waals surface area contributed by atoms with E-state index >= 15 is 0 Å². The Morgan fingerprint density at radius 2 is 2.05 bits per heavy atom. The zero-order chi connectivity index (χ0) is 14.3. The number of esters is 1. The van der Waals surface area contributed by atoms with Crippen molar-refractivity contribution in [1.82, 2.24) is 5.32 Å². The van der Waals surface area contributed by atoms with E-state index in [2.05, 4.69) is 10.1 Å². The van der Waals surface area contributed by atoms with E-state index in [-0.39, 0.29) is 6.10 Å². The second kappa shape index (κ2) is 4.66. The van der Waals surface area contributed by atoms with Crippen molar-refractivity contribution in [1.29, 1.82) is 0 Å². The highest BCUT2D eigenvalue weighted by Gasteiger charge is 2.43. The van der Waals surface area contributed by atoms with E-state index in [9.17, 15) is 18.0 Å². The van der Waals surface area contributed by atoms with Crippen molar-refractivity contribution in [3.63, 3.8) is 0 Å². The van der Waals surface area contributed by atoms with Gasteiger partial charge in [0, 0.05) is 12.1 Å².